The normalized spacial score (nSPS) is 11.9. The minimum Gasteiger partial charge on any atom is -0.314 e. The van der Waals surface area contributed by atoms with Crippen molar-refractivity contribution in [3.8, 4) is 0 Å². The Hall–Kier alpha value is -1.45. The van der Waals surface area contributed by atoms with Gasteiger partial charge in [-0.15, -0.1) is 0 Å². The van der Waals surface area contributed by atoms with E-state index >= 15 is 0 Å². The zero-order valence-corrected chi connectivity index (χ0v) is 9.03. The van der Waals surface area contributed by atoms with Gasteiger partial charge in [0.15, 0.2) is 0 Å². The summed E-state index contributed by atoms with van der Waals surface area (Å²) in [6, 6.07) is 0. The van der Waals surface area contributed by atoms with Crippen molar-refractivity contribution >= 4 is 11.5 Å². The SMILES string of the molecule is CCC(C)=Nc1nc(C)cn(C)c1=O. The van der Waals surface area contributed by atoms with Crippen molar-refractivity contribution in [1.82, 2.24) is 9.55 Å². The number of aryl methyl sites for hydroxylation is 2. The van der Waals surface area contributed by atoms with Gasteiger partial charge in [0.1, 0.15) is 0 Å². The van der Waals surface area contributed by atoms with Crippen LogP contribution in [-0.4, -0.2) is 15.3 Å². The van der Waals surface area contributed by atoms with E-state index in [9.17, 15) is 4.79 Å². The summed E-state index contributed by atoms with van der Waals surface area (Å²) in [6.45, 7) is 5.74. The van der Waals surface area contributed by atoms with Crippen LogP contribution in [0.3, 0.4) is 0 Å². The molecule has 0 aliphatic rings. The van der Waals surface area contributed by atoms with Crippen LogP contribution in [0.5, 0.6) is 0 Å². The molecule has 0 saturated heterocycles. The number of rotatable bonds is 2. The molecular weight excluding hydrogens is 178 g/mol. The summed E-state index contributed by atoms with van der Waals surface area (Å²) in [4.78, 5) is 19.8. The molecule has 0 aromatic carbocycles. The second-order valence-corrected chi connectivity index (χ2v) is 3.32. The molecule has 76 valence electrons. The molecule has 1 heterocycles. The van der Waals surface area contributed by atoms with Crippen LogP contribution in [0.4, 0.5) is 5.82 Å². The monoisotopic (exact) mass is 193 g/mol. The van der Waals surface area contributed by atoms with Crippen molar-refractivity contribution in [3.63, 3.8) is 0 Å². The topological polar surface area (TPSA) is 47.2 Å². The van der Waals surface area contributed by atoms with Crippen molar-refractivity contribution in [3.05, 3.63) is 22.2 Å². The lowest BCUT2D eigenvalue weighted by molar-refractivity contribution is 0.827. The van der Waals surface area contributed by atoms with Crippen LogP contribution in [0.2, 0.25) is 0 Å². The highest BCUT2D eigenvalue weighted by Crippen LogP contribution is 2.02. The molecule has 0 aliphatic heterocycles. The van der Waals surface area contributed by atoms with Crippen molar-refractivity contribution in [2.45, 2.75) is 27.2 Å². The predicted molar refractivity (Wildman–Crippen MR) is 57.3 cm³/mol. The quantitative estimate of drug-likeness (QED) is 0.670. The van der Waals surface area contributed by atoms with E-state index < -0.39 is 0 Å². The standard InChI is InChI=1S/C10H15N3O/c1-5-7(2)11-9-10(14)13(4)6-8(3)12-9/h6H,5H2,1-4H3. The zero-order chi connectivity index (χ0) is 10.7. The Bertz CT molecular complexity index is 418. The first-order chi connectivity index (χ1) is 6.54. The van der Waals surface area contributed by atoms with Gasteiger partial charge >= 0.3 is 0 Å². The Kier molecular flexibility index (Phi) is 3.17. The molecule has 0 bridgehead atoms. The van der Waals surface area contributed by atoms with Gasteiger partial charge in [0, 0.05) is 19.0 Å². The van der Waals surface area contributed by atoms with E-state index in [-0.39, 0.29) is 11.4 Å². The average Bonchev–Trinajstić information content (AvgIpc) is 2.13. The van der Waals surface area contributed by atoms with E-state index in [1.165, 1.54) is 4.57 Å². The van der Waals surface area contributed by atoms with E-state index in [2.05, 4.69) is 9.98 Å². The van der Waals surface area contributed by atoms with Gasteiger partial charge in [0.05, 0.1) is 5.69 Å². The van der Waals surface area contributed by atoms with Crippen LogP contribution >= 0.6 is 0 Å². The smallest absolute Gasteiger partial charge is 0.295 e. The molecule has 0 radical (unpaired) electrons. The fourth-order valence-corrected chi connectivity index (χ4v) is 1.07. The molecule has 0 unspecified atom stereocenters. The fraction of sp³-hybridized carbons (Fsp3) is 0.500. The Morgan fingerprint density at radius 3 is 2.86 bits per heavy atom. The first kappa shape index (κ1) is 10.6. The van der Waals surface area contributed by atoms with E-state index in [1.807, 2.05) is 20.8 Å². The molecule has 1 aromatic heterocycles. The predicted octanol–water partition coefficient (Wildman–Crippen LogP) is 1.59. The minimum absolute atomic E-state index is 0.150. The van der Waals surface area contributed by atoms with Gasteiger partial charge in [-0.05, 0) is 20.3 Å². The van der Waals surface area contributed by atoms with E-state index in [0.29, 0.717) is 0 Å². The molecule has 4 nitrogen and oxygen atoms in total. The second kappa shape index (κ2) is 4.17. The third kappa shape index (κ3) is 2.28. The maximum atomic E-state index is 11.6. The Labute approximate surface area is 83.3 Å². The summed E-state index contributed by atoms with van der Waals surface area (Å²) in [5.74, 6) is 0.284. The molecule has 0 saturated carbocycles. The Morgan fingerprint density at radius 1 is 1.64 bits per heavy atom. The van der Waals surface area contributed by atoms with Crippen LogP contribution in [0.15, 0.2) is 16.0 Å². The van der Waals surface area contributed by atoms with Crippen LogP contribution in [0.25, 0.3) is 0 Å². The third-order valence-corrected chi connectivity index (χ3v) is 1.98. The molecule has 0 atom stereocenters. The number of nitrogens with zero attached hydrogens (tertiary/aromatic N) is 3. The minimum atomic E-state index is -0.150. The summed E-state index contributed by atoms with van der Waals surface area (Å²) < 4.78 is 1.50. The van der Waals surface area contributed by atoms with Crippen molar-refractivity contribution in [2.75, 3.05) is 0 Å². The molecule has 0 fully saturated rings. The van der Waals surface area contributed by atoms with Crippen LogP contribution in [0.1, 0.15) is 26.0 Å². The Balaban J connectivity index is 3.28. The number of hydrogen-bond acceptors (Lipinski definition) is 3. The largest absolute Gasteiger partial charge is 0.314 e. The Morgan fingerprint density at radius 2 is 2.29 bits per heavy atom. The molecule has 4 heteroatoms. The molecule has 0 spiro atoms. The first-order valence-electron chi connectivity index (χ1n) is 4.63. The number of aliphatic imine (C=N–C) groups is 1. The lowest BCUT2D eigenvalue weighted by atomic mass is 10.3. The highest BCUT2D eigenvalue weighted by atomic mass is 16.1. The molecule has 1 rings (SSSR count). The van der Waals surface area contributed by atoms with Crippen LogP contribution < -0.4 is 5.56 Å². The number of aromatic nitrogens is 2. The third-order valence-electron chi connectivity index (χ3n) is 1.98. The van der Waals surface area contributed by atoms with Crippen molar-refractivity contribution in [1.29, 1.82) is 0 Å². The van der Waals surface area contributed by atoms with Gasteiger partial charge < -0.3 is 4.57 Å². The van der Waals surface area contributed by atoms with Gasteiger partial charge in [0.25, 0.3) is 5.56 Å². The maximum Gasteiger partial charge on any atom is 0.295 e. The van der Waals surface area contributed by atoms with Crippen molar-refractivity contribution < 1.29 is 0 Å². The van der Waals surface area contributed by atoms with Gasteiger partial charge in [0.2, 0.25) is 5.82 Å². The highest BCUT2D eigenvalue weighted by molar-refractivity contribution is 5.83. The highest BCUT2D eigenvalue weighted by Gasteiger charge is 2.02. The molecule has 0 aliphatic carbocycles. The summed E-state index contributed by atoms with van der Waals surface area (Å²) in [5, 5.41) is 0. The summed E-state index contributed by atoms with van der Waals surface area (Å²) >= 11 is 0. The summed E-state index contributed by atoms with van der Waals surface area (Å²) in [7, 11) is 1.71. The van der Waals surface area contributed by atoms with E-state index in [1.54, 1.807) is 13.2 Å². The fourth-order valence-electron chi connectivity index (χ4n) is 1.07. The summed E-state index contributed by atoms with van der Waals surface area (Å²) in [6.07, 6.45) is 2.53. The second-order valence-electron chi connectivity index (χ2n) is 3.32. The van der Waals surface area contributed by atoms with Gasteiger partial charge in [-0.3, -0.25) is 4.79 Å². The molecule has 0 N–H and O–H groups in total. The average molecular weight is 193 g/mol. The molecule has 1 aromatic rings. The lowest BCUT2D eigenvalue weighted by Gasteiger charge is -2.01. The molecule has 14 heavy (non-hydrogen) atoms. The van der Waals surface area contributed by atoms with Gasteiger partial charge in [-0.1, -0.05) is 6.92 Å². The van der Waals surface area contributed by atoms with Gasteiger partial charge in [-0.25, -0.2) is 9.98 Å². The molecule has 0 amide bonds. The zero-order valence-electron chi connectivity index (χ0n) is 9.03. The molecular formula is C10H15N3O. The van der Waals surface area contributed by atoms with Crippen molar-refractivity contribution in [2.24, 2.45) is 12.0 Å². The van der Waals surface area contributed by atoms with Crippen LogP contribution in [-0.2, 0) is 7.05 Å². The van der Waals surface area contributed by atoms with E-state index in [0.717, 1.165) is 17.8 Å². The number of hydrogen-bond donors (Lipinski definition) is 0. The first-order valence-corrected chi connectivity index (χ1v) is 4.63. The van der Waals surface area contributed by atoms with E-state index in [4.69, 9.17) is 0 Å². The lowest BCUT2D eigenvalue weighted by Crippen LogP contribution is -2.17. The maximum absolute atomic E-state index is 11.6. The van der Waals surface area contributed by atoms with Crippen LogP contribution in [0, 0.1) is 6.92 Å². The summed E-state index contributed by atoms with van der Waals surface area (Å²) in [5.41, 5.74) is 1.57. The van der Waals surface area contributed by atoms with Gasteiger partial charge in [-0.2, -0.15) is 0 Å².